The zero-order chi connectivity index (χ0) is 27.7. The number of anilines is 2. The van der Waals surface area contributed by atoms with Gasteiger partial charge in [0.05, 0.1) is 20.6 Å². The summed E-state index contributed by atoms with van der Waals surface area (Å²) in [5, 5.41) is 0.757. The van der Waals surface area contributed by atoms with E-state index >= 15 is 0 Å². The van der Waals surface area contributed by atoms with E-state index in [2.05, 4.69) is 99.6 Å². The van der Waals surface area contributed by atoms with Crippen LogP contribution in [0.1, 0.15) is 83.1 Å². The first-order valence-electron chi connectivity index (χ1n) is 11.8. The maximum absolute atomic E-state index is 14.3. The normalized spacial score (nSPS) is 15.2. The molecule has 0 spiro atoms. The summed E-state index contributed by atoms with van der Waals surface area (Å²) in [5.74, 6) is -1.53. The summed E-state index contributed by atoms with van der Waals surface area (Å²) in [5.41, 5.74) is 1.61. The summed E-state index contributed by atoms with van der Waals surface area (Å²) in [6.45, 7) is 29.9. The topological polar surface area (TPSA) is 6.48 Å². The molecule has 1 aliphatic rings. The fourth-order valence-corrected chi connectivity index (χ4v) is 12.7. The van der Waals surface area contributed by atoms with E-state index in [1.165, 1.54) is 12.1 Å². The van der Waals surface area contributed by atoms with Crippen molar-refractivity contribution in [2.24, 2.45) is 0 Å². The molecule has 1 heterocycles. The molecule has 0 aliphatic carbocycles. The van der Waals surface area contributed by atoms with E-state index in [0.29, 0.717) is 0 Å². The second kappa shape index (κ2) is 12.5. The summed E-state index contributed by atoms with van der Waals surface area (Å²) in [6, 6.07) is 2.79. The molecule has 1 aromatic rings. The van der Waals surface area contributed by atoms with Gasteiger partial charge in [-0.1, -0.05) is 0 Å². The molecule has 0 amide bonds. The minimum atomic E-state index is -1.94. The summed E-state index contributed by atoms with van der Waals surface area (Å²) in [7, 11) is 13.2. The predicted octanol–water partition coefficient (Wildman–Crippen LogP) is 10.3. The Morgan fingerprint density at radius 1 is 0.657 bits per heavy atom. The van der Waals surface area contributed by atoms with E-state index in [1.807, 2.05) is 0 Å². The Hall–Kier alpha value is 1.10. The molecular formula is C25H45Cl3F2MoN2P2+. The van der Waals surface area contributed by atoms with E-state index in [4.69, 9.17) is 28.3 Å². The van der Waals surface area contributed by atoms with E-state index in [1.54, 1.807) is 0 Å². The first-order chi connectivity index (χ1) is 15.5. The van der Waals surface area contributed by atoms with Crippen molar-refractivity contribution in [3.05, 3.63) is 30.4 Å². The van der Waals surface area contributed by atoms with Gasteiger partial charge in [0.25, 0.3) is 0 Å². The van der Waals surface area contributed by atoms with E-state index < -0.39 is 41.7 Å². The van der Waals surface area contributed by atoms with Crippen LogP contribution in [0.2, 0.25) is 0 Å². The van der Waals surface area contributed by atoms with Gasteiger partial charge >= 0.3 is 42.4 Å². The summed E-state index contributed by atoms with van der Waals surface area (Å²) >= 11 is -1.94. The molecule has 0 N–H and O–H groups in total. The van der Waals surface area contributed by atoms with Crippen LogP contribution >= 0.6 is 44.1 Å². The molecule has 0 bridgehead atoms. The van der Waals surface area contributed by atoms with Gasteiger partial charge in [-0.25, -0.2) is 8.78 Å². The molecule has 0 radical (unpaired) electrons. The van der Waals surface area contributed by atoms with Crippen LogP contribution in [-0.2, 0) is 14.2 Å². The average molecular weight is 676 g/mol. The summed E-state index contributed by atoms with van der Waals surface area (Å²) in [4.78, 5) is 4.40. The second-order valence-corrected chi connectivity index (χ2v) is 30.9. The van der Waals surface area contributed by atoms with Crippen molar-refractivity contribution in [2.75, 3.05) is 22.4 Å². The van der Waals surface area contributed by atoms with Crippen LogP contribution in [0.5, 0.6) is 0 Å². The van der Waals surface area contributed by atoms with Crippen LogP contribution in [-0.4, -0.2) is 33.2 Å². The van der Waals surface area contributed by atoms with Crippen LogP contribution in [0.25, 0.3) is 0 Å². The van der Waals surface area contributed by atoms with Gasteiger partial charge in [0.15, 0.2) is 11.6 Å². The standard InChI is InChI=1S/C25H43F2N2P2.3ClH.Mo/c1-22(2,3)30(23(4,5)6)16-28-15-29(17-31(24(7,8)9)25(10,11)12)21-14-19(27)18(26)13-20(21)28;;;;/h13-15H,16-17H2,1-12H3;3*1H;/q-1;;;;+3/p-1. The quantitative estimate of drug-likeness (QED) is 0.178. The van der Waals surface area contributed by atoms with Crippen LogP contribution < -0.4 is 9.80 Å². The Morgan fingerprint density at radius 3 is 1.09 bits per heavy atom. The molecule has 205 valence electrons. The fourth-order valence-electron chi connectivity index (χ4n) is 5.07. The van der Waals surface area contributed by atoms with Crippen LogP contribution in [0, 0.1) is 18.3 Å². The number of hydrogen-bond acceptors (Lipinski definition) is 2. The van der Waals surface area contributed by atoms with Gasteiger partial charge in [0.2, 0.25) is 0 Å². The van der Waals surface area contributed by atoms with Gasteiger partial charge in [0.1, 0.15) is 12.6 Å². The van der Waals surface area contributed by atoms with E-state index in [9.17, 15) is 8.78 Å². The molecule has 2 nitrogen and oxygen atoms in total. The Balaban J connectivity index is 0.00000142. The van der Waals surface area contributed by atoms with Crippen molar-refractivity contribution in [1.29, 1.82) is 0 Å². The SMILES string of the molecule is CC(C)(C)[PH+](CN1[CH-]N(C[PH+](C(C)(C)C)C(C)(C)C)c2cc(F)c(F)cc21)C(C)(C)C.[Cl][Mo]([Cl])[Cl]. The zero-order valence-electron chi connectivity index (χ0n) is 23.3. The van der Waals surface area contributed by atoms with E-state index in [-0.39, 0.29) is 20.6 Å². The van der Waals surface area contributed by atoms with Gasteiger partial charge < -0.3 is 9.80 Å². The third-order valence-corrected chi connectivity index (χ3v) is 14.7. The summed E-state index contributed by atoms with van der Waals surface area (Å²) in [6.07, 6.45) is 1.75. The zero-order valence-corrected chi connectivity index (χ0v) is 29.6. The van der Waals surface area contributed by atoms with E-state index in [0.717, 1.165) is 23.9 Å². The van der Waals surface area contributed by atoms with Crippen molar-refractivity contribution < 1.29 is 23.0 Å². The fraction of sp³-hybridized carbons (Fsp3) is 0.720. The van der Waals surface area contributed by atoms with Crippen LogP contribution in [0.3, 0.4) is 0 Å². The van der Waals surface area contributed by atoms with Crippen LogP contribution in [0.15, 0.2) is 12.1 Å². The number of hydrogen-bond donors (Lipinski definition) is 0. The molecule has 1 aromatic carbocycles. The van der Waals surface area contributed by atoms with Crippen molar-refractivity contribution in [3.8, 4) is 0 Å². The van der Waals surface area contributed by atoms with Crippen LogP contribution in [0.4, 0.5) is 20.2 Å². The Kier molecular flexibility index (Phi) is 12.2. The molecule has 1 aliphatic heterocycles. The van der Waals surface area contributed by atoms with Crippen molar-refractivity contribution in [1.82, 2.24) is 0 Å². The maximum atomic E-state index is 14.3. The molecule has 0 atom stereocenters. The Labute approximate surface area is 233 Å². The molecule has 2 rings (SSSR count). The molecule has 0 aromatic heterocycles. The molecular weight excluding hydrogens is 631 g/mol. The van der Waals surface area contributed by atoms with Gasteiger partial charge in [-0.3, -0.25) is 0 Å². The Morgan fingerprint density at radius 2 is 0.886 bits per heavy atom. The van der Waals surface area contributed by atoms with Crippen molar-refractivity contribution in [3.63, 3.8) is 0 Å². The minimum absolute atomic E-state index is 0.189. The number of benzene rings is 1. The van der Waals surface area contributed by atoms with Gasteiger partial charge in [0, 0.05) is 27.2 Å². The molecule has 0 fully saturated rings. The molecule has 10 heteroatoms. The third-order valence-electron chi connectivity index (χ3n) is 6.19. The van der Waals surface area contributed by atoms with Crippen molar-refractivity contribution >= 4 is 55.5 Å². The molecule has 0 saturated carbocycles. The number of halogens is 5. The molecule has 0 unspecified atom stereocenters. The average Bonchev–Trinajstić information content (AvgIpc) is 2.90. The predicted molar refractivity (Wildman–Crippen MR) is 159 cm³/mol. The van der Waals surface area contributed by atoms with Crippen molar-refractivity contribution in [2.45, 2.75) is 104 Å². The first-order valence-corrected chi connectivity index (χ1v) is 23.0. The van der Waals surface area contributed by atoms with Gasteiger partial charge in [-0.05, 0) is 95.2 Å². The number of nitrogens with zero attached hydrogens (tertiary/aromatic N) is 2. The third kappa shape index (κ3) is 10.3. The monoisotopic (exact) mass is 676 g/mol. The molecule has 35 heavy (non-hydrogen) atoms. The number of fused-ring (bicyclic) bond motifs is 1. The van der Waals surface area contributed by atoms with Gasteiger partial charge in [-0.2, -0.15) is 0 Å². The molecule has 0 saturated heterocycles. The summed E-state index contributed by atoms with van der Waals surface area (Å²) < 4.78 is 28.6. The first kappa shape index (κ1) is 34.1. The second-order valence-electron chi connectivity index (χ2n) is 13.3. The van der Waals surface area contributed by atoms with Gasteiger partial charge in [-0.15, -0.1) is 6.67 Å². The Bertz CT molecular complexity index is 752. The number of rotatable bonds is 4.